The molecule has 2 heterocycles. The Kier molecular flexibility index (Phi) is 6.72. The number of amides is 2. The van der Waals surface area contributed by atoms with Gasteiger partial charge in [0.1, 0.15) is 5.75 Å². The van der Waals surface area contributed by atoms with E-state index in [1.54, 1.807) is 0 Å². The topological polar surface area (TPSA) is 75.9 Å². The molecule has 0 aromatic heterocycles. The van der Waals surface area contributed by atoms with Crippen LogP contribution >= 0.6 is 0 Å². The van der Waals surface area contributed by atoms with E-state index in [0.29, 0.717) is 18.8 Å². The van der Waals surface area contributed by atoms with Gasteiger partial charge in [-0.25, -0.2) is 0 Å². The molecule has 6 heteroatoms. The maximum Gasteiger partial charge on any atom is 0.260 e. The summed E-state index contributed by atoms with van der Waals surface area (Å²) < 4.78 is 5.55. The lowest BCUT2D eigenvalue weighted by atomic mass is 9.91. The Bertz CT molecular complexity index is 627. The van der Waals surface area contributed by atoms with Crippen LogP contribution in [-0.4, -0.2) is 59.9 Å². The summed E-state index contributed by atoms with van der Waals surface area (Å²) in [4.78, 5) is 29.2. The van der Waals surface area contributed by atoms with Crippen LogP contribution in [0.1, 0.15) is 39.0 Å². The van der Waals surface area contributed by atoms with Crippen LogP contribution in [-0.2, 0) is 9.59 Å². The largest absolute Gasteiger partial charge is 0.484 e. The van der Waals surface area contributed by atoms with Crippen molar-refractivity contribution in [3.63, 3.8) is 0 Å². The van der Waals surface area contributed by atoms with E-state index >= 15 is 0 Å². The minimum atomic E-state index is -0.0174. The number of para-hydroxylation sites is 1. The van der Waals surface area contributed by atoms with Crippen molar-refractivity contribution in [3.8, 4) is 5.75 Å². The Hall–Kier alpha value is -2.08. The molecule has 2 unspecified atom stereocenters. The Morgan fingerprint density at radius 2 is 1.81 bits per heavy atom. The smallest absolute Gasteiger partial charge is 0.260 e. The standard InChI is InChI=1S/C21H31N3O3/c1-16(22)19-9-5-6-12-24(19)21(26)17-10-13-23(14-11-17)20(25)15-27-18-7-3-2-4-8-18/h2-4,7-8,16-17,19H,5-6,9-15,22H2,1H3. The average Bonchev–Trinajstić information content (AvgIpc) is 2.72. The molecule has 3 rings (SSSR count). The number of piperidine rings is 2. The normalized spacial score (nSPS) is 22.4. The highest BCUT2D eigenvalue weighted by Crippen LogP contribution is 2.26. The molecule has 2 aliphatic heterocycles. The van der Waals surface area contributed by atoms with Gasteiger partial charge >= 0.3 is 0 Å². The maximum atomic E-state index is 13.0. The molecule has 0 saturated carbocycles. The third-order valence-electron chi connectivity index (χ3n) is 5.74. The first-order chi connectivity index (χ1) is 13.1. The third-order valence-corrected chi connectivity index (χ3v) is 5.74. The van der Waals surface area contributed by atoms with Crippen LogP contribution in [0, 0.1) is 5.92 Å². The van der Waals surface area contributed by atoms with Gasteiger partial charge in [0, 0.05) is 37.6 Å². The van der Waals surface area contributed by atoms with E-state index in [1.165, 1.54) is 0 Å². The molecular formula is C21H31N3O3. The van der Waals surface area contributed by atoms with Gasteiger partial charge in [0.15, 0.2) is 6.61 Å². The summed E-state index contributed by atoms with van der Waals surface area (Å²) in [6, 6.07) is 9.52. The fourth-order valence-corrected chi connectivity index (χ4v) is 4.14. The second kappa shape index (κ2) is 9.22. The lowest BCUT2D eigenvalue weighted by molar-refractivity contribution is -0.144. The monoisotopic (exact) mass is 373 g/mol. The summed E-state index contributed by atoms with van der Waals surface area (Å²) in [5.41, 5.74) is 6.11. The zero-order valence-electron chi connectivity index (χ0n) is 16.2. The first-order valence-corrected chi connectivity index (χ1v) is 10.1. The van der Waals surface area contributed by atoms with Gasteiger partial charge in [-0.2, -0.15) is 0 Å². The van der Waals surface area contributed by atoms with E-state index < -0.39 is 0 Å². The summed E-state index contributed by atoms with van der Waals surface area (Å²) in [7, 11) is 0. The number of ether oxygens (including phenoxy) is 1. The molecule has 148 valence electrons. The van der Waals surface area contributed by atoms with Gasteiger partial charge < -0.3 is 20.3 Å². The molecule has 0 aliphatic carbocycles. The molecule has 2 fully saturated rings. The molecule has 2 saturated heterocycles. The first kappa shape index (κ1) is 19.7. The Balaban J connectivity index is 1.47. The van der Waals surface area contributed by atoms with E-state index in [2.05, 4.69) is 0 Å². The van der Waals surface area contributed by atoms with Crippen molar-refractivity contribution >= 4 is 11.8 Å². The second-order valence-electron chi connectivity index (χ2n) is 7.71. The van der Waals surface area contributed by atoms with E-state index in [1.807, 2.05) is 47.1 Å². The number of nitrogens with zero attached hydrogens (tertiary/aromatic N) is 2. The van der Waals surface area contributed by atoms with E-state index in [-0.39, 0.29) is 36.4 Å². The van der Waals surface area contributed by atoms with E-state index in [0.717, 1.165) is 38.6 Å². The second-order valence-corrected chi connectivity index (χ2v) is 7.71. The van der Waals surface area contributed by atoms with E-state index in [9.17, 15) is 9.59 Å². The summed E-state index contributed by atoms with van der Waals surface area (Å²) in [6.07, 6.45) is 4.64. The van der Waals surface area contributed by atoms with Gasteiger partial charge in [-0.15, -0.1) is 0 Å². The Labute approximate surface area is 161 Å². The molecule has 0 radical (unpaired) electrons. The Morgan fingerprint density at radius 3 is 2.48 bits per heavy atom. The summed E-state index contributed by atoms with van der Waals surface area (Å²) >= 11 is 0. The zero-order chi connectivity index (χ0) is 19.2. The molecule has 1 aromatic carbocycles. The van der Waals surface area contributed by atoms with Gasteiger partial charge in [-0.3, -0.25) is 9.59 Å². The third kappa shape index (κ3) is 5.01. The number of hydrogen-bond acceptors (Lipinski definition) is 4. The molecule has 2 amide bonds. The van der Waals surface area contributed by atoms with Gasteiger partial charge in [-0.05, 0) is 51.2 Å². The average molecular weight is 373 g/mol. The van der Waals surface area contributed by atoms with Crippen molar-refractivity contribution in [3.05, 3.63) is 30.3 Å². The molecule has 2 aliphatic rings. The van der Waals surface area contributed by atoms with Crippen molar-refractivity contribution in [2.24, 2.45) is 11.7 Å². The summed E-state index contributed by atoms with van der Waals surface area (Å²) in [5, 5.41) is 0. The van der Waals surface area contributed by atoms with Crippen LogP contribution in [0.25, 0.3) is 0 Å². The molecule has 1 aromatic rings. The summed E-state index contributed by atoms with van der Waals surface area (Å²) in [5.74, 6) is 0.909. The van der Waals surface area contributed by atoms with Crippen molar-refractivity contribution in [2.75, 3.05) is 26.2 Å². The summed E-state index contributed by atoms with van der Waals surface area (Å²) in [6.45, 7) is 4.08. The minimum absolute atomic E-state index is 0.00319. The van der Waals surface area contributed by atoms with Crippen LogP contribution < -0.4 is 10.5 Å². The van der Waals surface area contributed by atoms with Crippen molar-refractivity contribution in [2.45, 2.75) is 51.1 Å². The van der Waals surface area contributed by atoms with Gasteiger partial charge in [-0.1, -0.05) is 18.2 Å². The predicted octanol–water partition coefficient (Wildman–Crippen LogP) is 2.03. The first-order valence-electron chi connectivity index (χ1n) is 10.1. The van der Waals surface area contributed by atoms with Crippen molar-refractivity contribution in [1.82, 2.24) is 9.80 Å². The number of carbonyl (C=O) groups is 2. The van der Waals surface area contributed by atoms with Gasteiger partial charge in [0.05, 0.1) is 0 Å². The number of nitrogens with two attached hydrogens (primary N) is 1. The lowest BCUT2D eigenvalue weighted by Gasteiger charge is -2.41. The van der Waals surface area contributed by atoms with Crippen LogP contribution in [0.4, 0.5) is 0 Å². The zero-order valence-corrected chi connectivity index (χ0v) is 16.2. The highest BCUT2D eigenvalue weighted by Gasteiger charge is 2.35. The molecule has 27 heavy (non-hydrogen) atoms. The fraction of sp³-hybridized carbons (Fsp3) is 0.619. The molecule has 6 nitrogen and oxygen atoms in total. The highest BCUT2D eigenvalue weighted by atomic mass is 16.5. The highest BCUT2D eigenvalue weighted by molar-refractivity contribution is 5.81. The van der Waals surface area contributed by atoms with Crippen LogP contribution in [0.3, 0.4) is 0 Å². The molecule has 0 spiro atoms. The molecule has 2 atom stereocenters. The maximum absolute atomic E-state index is 13.0. The lowest BCUT2D eigenvalue weighted by Crippen LogP contribution is -2.54. The van der Waals surface area contributed by atoms with Gasteiger partial charge in [0.25, 0.3) is 5.91 Å². The van der Waals surface area contributed by atoms with Crippen LogP contribution in [0.2, 0.25) is 0 Å². The number of carbonyl (C=O) groups excluding carboxylic acids is 2. The molecule has 0 bridgehead atoms. The molecular weight excluding hydrogens is 342 g/mol. The number of likely N-dealkylation sites (tertiary alicyclic amines) is 2. The van der Waals surface area contributed by atoms with Crippen molar-refractivity contribution in [1.29, 1.82) is 0 Å². The SMILES string of the molecule is CC(N)C1CCCCN1C(=O)C1CCN(C(=O)COc2ccccc2)CC1. The number of rotatable bonds is 5. The van der Waals surface area contributed by atoms with Crippen LogP contribution in [0.5, 0.6) is 5.75 Å². The van der Waals surface area contributed by atoms with Crippen LogP contribution in [0.15, 0.2) is 30.3 Å². The number of hydrogen-bond donors (Lipinski definition) is 1. The van der Waals surface area contributed by atoms with Gasteiger partial charge in [0.2, 0.25) is 5.91 Å². The van der Waals surface area contributed by atoms with Crippen molar-refractivity contribution < 1.29 is 14.3 Å². The predicted molar refractivity (Wildman–Crippen MR) is 104 cm³/mol. The van der Waals surface area contributed by atoms with E-state index in [4.69, 9.17) is 10.5 Å². The Morgan fingerprint density at radius 1 is 1.11 bits per heavy atom. The number of benzene rings is 1. The fourth-order valence-electron chi connectivity index (χ4n) is 4.14. The quantitative estimate of drug-likeness (QED) is 0.857. The minimum Gasteiger partial charge on any atom is -0.484 e. The molecule has 2 N–H and O–H groups in total.